The number of ketones is 1. The van der Waals surface area contributed by atoms with Gasteiger partial charge in [-0.15, -0.1) is 0 Å². The number of hydrogen-bond donors (Lipinski definition) is 0. The van der Waals surface area contributed by atoms with Crippen molar-refractivity contribution in [1.29, 1.82) is 0 Å². The molecule has 0 bridgehead atoms. The molecule has 1 aromatic rings. The molecule has 18 heavy (non-hydrogen) atoms. The van der Waals surface area contributed by atoms with Crippen LogP contribution in [0.4, 0.5) is 0 Å². The van der Waals surface area contributed by atoms with Crippen LogP contribution in [0.15, 0.2) is 54.1 Å². The van der Waals surface area contributed by atoms with Gasteiger partial charge >= 0.3 is 0 Å². The van der Waals surface area contributed by atoms with Gasteiger partial charge in [-0.3, -0.25) is 4.79 Å². The van der Waals surface area contributed by atoms with Crippen LogP contribution in [0, 0.1) is 11.3 Å². The smallest absolute Gasteiger partial charge is 0.189 e. The second-order valence-electron chi connectivity index (χ2n) is 5.58. The minimum atomic E-state index is 0.0918. The van der Waals surface area contributed by atoms with Gasteiger partial charge in [0.25, 0.3) is 0 Å². The van der Waals surface area contributed by atoms with Gasteiger partial charge in [0.1, 0.15) is 0 Å². The summed E-state index contributed by atoms with van der Waals surface area (Å²) < 4.78 is 0. The number of hydrogen-bond acceptors (Lipinski definition) is 1. The summed E-state index contributed by atoms with van der Waals surface area (Å²) in [5.41, 5.74) is 1.79. The summed E-state index contributed by atoms with van der Waals surface area (Å²) in [5.74, 6) is 0.688. The van der Waals surface area contributed by atoms with Gasteiger partial charge in [-0.2, -0.15) is 0 Å². The maximum atomic E-state index is 12.4. The van der Waals surface area contributed by atoms with Gasteiger partial charge in [0, 0.05) is 11.1 Å². The molecule has 94 valence electrons. The third-order valence-electron chi connectivity index (χ3n) is 3.99. The highest BCUT2D eigenvalue weighted by atomic mass is 16.1. The van der Waals surface area contributed by atoms with Crippen LogP contribution in [0.1, 0.15) is 37.6 Å². The van der Waals surface area contributed by atoms with Crippen molar-refractivity contribution < 1.29 is 4.79 Å². The van der Waals surface area contributed by atoms with Crippen LogP contribution in [0.2, 0.25) is 0 Å². The number of allylic oxidation sites excluding steroid dienone is 4. The van der Waals surface area contributed by atoms with E-state index in [0.717, 1.165) is 17.6 Å². The van der Waals surface area contributed by atoms with Gasteiger partial charge in [0.05, 0.1) is 0 Å². The molecule has 0 fully saturated rings. The summed E-state index contributed by atoms with van der Waals surface area (Å²) in [4.78, 5) is 12.4. The largest absolute Gasteiger partial charge is 0.289 e. The first kappa shape index (κ1) is 12.8. The Hall–Kier alpha value is -1.63. The lowest BCUT2D eigenvalue weighted by Gasteiger charge is -2.33. The molecule has 0 spiro atoms. The highest BCUT2D eigenvalue weighted by molar-refractivity contribution is 6.09. The van der Waals surface area contributed by atoms with Crippen molar-refractivity contribution in [3.8, 4) is 0 Å². The predicted octanol–water partition coefficient (Wildman–Crippen LogP) is 4.42. The second kappa shape index (κ2) is 4.93. The van der Waals surface area contributed by atoms with Crippen molar-refractivity contribution in [1.82, 2.24) is 0 Å². The van der Waals surface area contributed by atoms with E-state index < -0.39 is 0 Å². The summed E-state index contributed by atoms with van der Waals surface area (Å²) in [7, 11) is 0. The average Bonchev–Trinajstić information content (AvgIpc) is 2.39. The highest BCUT2D eigenvalue weighted by Gasteiger charge is 2.30. The zero-order valence-electron chi connectivity index (χ0n) is 11.3. The topological polar surface area (TPSA) is 17.1 Å². The molecule has 1 heteroatoms. The van der Waals surface area contributed by atoms with Gasteiger partial charge in [-0.1, -0.05) is 69.3 Å². The molecule has 1 unspecified atom stereocenters. The Bertz CT molecular complexity index is 494. The molecule has 0 heterocycles. The Morgan fingerprint density at radius 1 is 1.22 bits per heavy atom. The molecule has 0 N–H and O–H groups in total. The van der Waals surface area contributed by atoms with Gasteiger partial charge in [-0.05, 0) is 17.8 Å². The fourth-order valence-corrected chi connectivity index (χ4v) is 2.24. The summed E-state index contributed by atoms with van der Waals surface area (Å²) in [6.45, 7) is 6.64. The van der Waals surface area contributed by atoms with E-state index in [1.165, 1.54) is 0 Å². The minimum absolute atomic E-state index is 0.0918. The van der Waals surface area contributed by atoms with E-state index in [1.807, 2.05) is 42.5 Å². The molecule has 0 saturated heterocycles. The molecule has 0 aromatic heterocycles. The summed E-state index contributed by atoms with van der Waals surface area (Å²) in [6, 6.07) is 9.52. The molecule has 0 amide bonds. The van der Waals surface area contributed by atoms with Crippen molar-refractivity contribution in [3.05, 3.63) is 59.7 Å². The molecule has 0 aliphatic heterocycles. The lowest BCUT2D eigenvalue weighted by atomic mass is 9.71. The van der Waals surface area contributed by atoms with Crippen LogP contribution >= 0.6 is 0 Å². The van der Waals surface area contributed by atoms with Gasteiger partial charge in [0.15, 0.2) is 5.78 Å². The number of rotatable bonds is 3. The van der Waals surface area contributed by atoms with E-state index in [0.29, 0.717) is 5.92 Å². The van der Waals surface area contributed by atoms with E-state index in [9.17, 15) is 4.79 Å². The monoisotopic (exact) mass is 240 g/mol. The van der Waals surface area contributed by atoms with Crippen LogP contribution in [-0.2, 0) is 0 Å². The summed E-state index contributed by atoms with van der Waals surface area (Å²) in [6.07, 6.45) is 7.04. The zero-order valence-corrected chi connectivity index (χ0v) is 11.3. The average molecular weight is 240 g/mol. The molecule has 1 aliphatic carbocycles. The molecule has 0 saturated carbocycles. The molecule has 1 atom stereocenters. The Morgan fingerprint density at radius 2 is 1.89 bits per heavy atom. The first-order chi connectivity index (χ1) is 8.53. The minimum Gasteiger partial charge on any atom is -0.289 e. The van der Waals surface area contributed by atoms with Crippen LogP contribution < -0.4 is 0 Å². The molecule has 1 nitrogen and oxygen atoms in total. The molecule has 1 aromatic carbocycles. The maximum Gasteiger partial charge on any atom is 0.189 e. The van der Waals surface area contributed by atoms with Crippen molar-refractivity contribution in [2.75, 3.05) is 0 Å². The van der Waals surface area contributed by atoms with E-state index in [4.69, 9.17) is 0 Å². The van der Waals surface area contributed by atoms with Gasteiger partial charge in [0.2, 0.25) is 0 Å². The molecule has 2 rings (SSSR count). The van der Waals surface area contributed by atoms with Gasteiger partial charge in [-0.25, -0.2) is 0 Å². The normalized spacial score (nSPS) is 23.0. The van der Waals surface area contributed by atoms with E-state index >= 15 is 0 Å². The lowest BCUT2D eigenvalue weighted by Crippen LogP contribution is -2.25. The fourth-order valence-electron chi connectivity index (χ4n) is 2.24. The quantitative estimate of drug-likeness (QED) is 0.715. The Morgan fingerprint density at radius 3 is 2.50 bits per heavy atom. The van der Waals surface area contributed by atoms with E-state index in [1.54, 1.807) is 0 Å². The first-order valence-corrected chi connectivity index (χ1v) is 6.51. The zero-order chi connectivity index (χ0) is 13.2. The SMILES string of the molecule is CC(C)C1(C)C=CC=C(C(=O)c2ccccc2)C1. The number of carbonyl (C=O) groups is 1. The fraction of sp³-hybridized carbons (Fsp3) is 0.353. The lowest BCUT2D eigenvalue weighted by molar-refractivity contribution is 0.102. The van der Waals surface area contributed by atoms with Crippen molar-refractivity contribution >= 4 is 5.78 Å². The van der Waals surface area contributed by atoms with Crippen molar-refractivity contribution in [2.45, 2.75) is 27.2 Å². The standard InChI is InChI=1S/C17H20O/c1-13(2)17(3)11-7-10-15(12-17)16(18)14-8-5-4-6-9-14/h4-11,13H,12H2,1-3H3. The van der Waals surface area contributed by atoms with Crippen LogP contribution in [-0.4, -0.2) is 5.78 Å². The van der Waals surface area contributed by atoms with Crippen molar-refractivity contribution in [3.63, 3.8) is 0 Å². The van der Waals surface area contributed by atoms with E-state index in [2.05, 4.69) is 26.8 Å². The number of Topliss-reactive ketones (excluding diaryl/α,β-unsaturated/α-hetero) is 1. The third kappa shape index (κ3) is 2.45. The Labute approximate surface area is 109 Å². The van der Waals surface area contributed by atoms with Crippen LogP contribution in [0.5, 0.6) is 0 Å². The van der Waals surface area contributed by atoms with Gasteiger partial charge < -0.3 is 0 Å². The molecular weight excluding hydrogens is 220 g/mol. The number of carbonyl (C=O) groups excluding carboxylic acids is 1. The Balaban J connectivity index is 2.24. The van der Waals surface area contributed by atoms with Crippen LogP contribution in [0.25, 0.3) is 0 Å². The summed E-state index contributed by atoms with van der Waals surface area (Å²) >= 11 is 0. The molecule has 1 aliphatic rings. The second-order valence-corrected chi connectivity index (χ2v) is 5.58. The Kier molecular flexibility index (Phi) is 3.51. The molecule has 0 radical (unpaired) electrons. The van der Waals surface area contributed by atoms with Crippen molar-refractivity contribution in [2.24, 2.45) is 11.3 Å². The first-order valence-electron chi connectivity index (χ1n) is 6.51. The predicted molar refractivity (Wildman–Crippen MR) is 75.6 cm³/mol. The summed E-state index contributed by atoms with van der Waals surface area (Å²) in [5, 5.41) is 0. The number of benzene rings is 1. The third-order valence-corrected chi connectivity index (χ3v) is 3.99. The maximum absolute atomic E-state index is 12.4. The molecular formula is C17H20O. The van der Waals surface area contributed by atoms with Crippen LogP contribution in [0.3, 0.4) is 0 Å². The van der Waals surface area contributed by atoms with E-state index in [-0.39, 0.29) is 11.2 Å². The highest BCUT2D eigenvalue weighted by Crippen LogP contribution is 2.38.